The molecule has 6 atom stereocenters. The van der Waals surface area contributed by atoms with E-state index in [4.69, 9.17) is 4.74 Å². The molecule has 2 saturated heterocycles. The number of benzene rings is 3. The fourth-order valence-electron chi connectivity index (χ4n) is 7.59. The van der Waals surface area contributed by atoms with E-state index in [9.17, 15) is 24.3 Å². The van der Waals surface area contributed by atoms with E-state index in [-0.39, 0.29) is 41.5 Å². The summed E-state index contributed by atoms with van der Waals surface area (Å²) < 4.78 is 6.35. The number of aromatic hydroxyl groups is 1. The van der Waals surface area contributed by atoms with Gasteiger partial charge in [0.15, 0.2) is 11.5 Å². The Morgan fingerprint density at radius 2 is 1.30 bits per heavy atom. The van der Waals surface area contributed by atoms with Gasteiger partial charge in [0.05, 0.1) is 46.6 Å². The normalized spacial score (nSPS) is 28.0. The minimum atomic E-state index is -0.748. The van der Waals surface area contributed by atoms with Crippen LogP contribution in [-0.4, -0.2) is 35.8 Å². The predicted molar refractivity (Wildman–Crippen MR) is 165 cm³/mol. The highest BCUT2D eigenvalue weighted by Gasteiger charge is 2.62. The third-order valence-corrected chi connectivity index (χ3v) is 11.6. The van der Waals surface area contributed by atoms with Gasteiger partial charge in [0.1, 0.15) is 0 Å². The summed E-state index contributed by atoms with van der Waals surface area (Å²) in [4.78, 5) is 58.6. The number of para-hydroxylation sites is 2. The van der Waals surface area contributed by atoms with Gasteiger partial charge in [-0.1, -0.05) is 48.0 Å². The molecule has 3 fully saturated rings. The van der Waals surface area contributed by atoms with Crippen LogP contribution in [-0.2, 0) is 19.2 Å². The van der Waals surface area contributed by atoms with Gasteiger partial charge in [-0.15, -0.1) is 0 Å². The van der Waals surface area contributed by atoms with Crippen molar-refractivity contribution in [3.8, 4) is 11.5 Å². The molecule has 3 aromatic carbocycles. The van der Waals surface area contributed by atoms with E-state index in [1.165, 1.54) is 16.9 Å². The number of allylic oxidation sites excluding steroid dienone is 2. The number of nitrogens with zero attached hydrogens (tertiary/aromatic N) is 2. The Bertz CT molecular complexity index is 1730. The molecule has 0 spiro atoms. The van der Waals surface area contributed by atoms with E-state index < -0.39 is 35.5 Å². The Labute approximate surface area is 264 Å². The highest BCUT2D eigenvalue weighted by Crippen LogP contribution is 2.60. The molecule has 3 aromatic rings. The summed E-state index contributed by atoms with van der Waals surface area (Å²) in [7, 11) is 1.44. The Hall–Kier alpha value is -3.76. The standard InChI is InChI=1S/C33H26Br2N2O6/c1-43-23-15-21(27(34)28(35)29(23)38)24-18-12-13-19-25(32(41)36(30(19)39)16-8-4-2-5-9-16)20(18)14-22-26(24)33(42)37(31(22)40)17-10-6-3-7-11-17/h2-12,15,19-20,22,24-26,38H,13-14H2,1H3/t19-,20+,22+,24+,25-,26+/m0/s1. The molecule has 0 unspecified atom stereocenters. The maximum atomic E-state index is 14.2. The van der Waals surface area contributed by atoms with Crippen molar-refractivity contribution in [1.82, 2.24) is 0 Å². The minimum Gasteiger partial charge on any atom is -0.503 e. The molecule has 2 heterocycles. The molecule has 4 amide bonds. The highest BCUT2D eigenvalue weighted by atomic mass is 79.9. The van der Waals surface area contributed by atoms with E-state index in [1.54, 1.807) is 54.6 Å². The maximum absolute atomic E-state index is 14.2. The summed E-state index contributed by atoms with van der Waals surface area (Å²) in [6, 6.07) is 19.4. The number of carbonyl (C=O) groups is 4. The van der Waals surface area contributed by atoms with Crippen LogP contribution < -0.4 is 14.5 Å². The Kier molecular flexibility index (Phi) is 6.81. The first kappa shape index (κ1) is 28.0. The zero-order valence-electron chi connectivity index (χ0n) is 22.9. The summed E-state index contributed by atoms with van der Waals surface area (Å²) in [6.07, 6.45) is 2.61. The first-order valence-corrected chi connectivity index (χ1v) is 15.6. The van der Waals surface area contributed by atoms with Crippen LogP contribution >= 0.6 is 31.9 Å². The van der Waals surface area contributed by atoms with Crippen LogP contribution in [0.5, 0.6) is 11.5 Å². The highest BCUT2D eigenvalue weighted by molar-refractivity contribution is 9.13. The molecule has 0 radical (unpaired) electrons. The van der Waals surface area contributed by atoms with Crippen LogP contribution in [0.15, 0.2) is 87.3 Å². The van der Waals surface area contributed by atoms with Crippen molar-refractivity contribution in [2.24, 2.45) is 29.6 Å². The number of ether oxygens (including phenoxy) is 1. The molecule has 2 aliphatic carbocycles. The van der Waals surface area contributed by atoms with Crippen molar-refractivity contribution in [1.29, 1.82) is 0 Å². The van der Waals surface area contributed by atoms with Gasteiger partial charge < -0.3 is 9.84 Å². The van der Waals surface area contributed by atoms with E-state index in [0.29, 0.717) is 32.3 Å². The summed E-state index contributed by atoms with van der Waals surface area (Å²) in [5, 5.41) is 10.7. The number of methoxy groups -OCH3 is 1. The Morgan fingerprint density at radius 3 is 1.88 bits per heavy atom. The molecule has 1 saturated carbocycles. The predicted octanol–water partition coefficient (Wildman–Crippen LogP) is 5.97. The lowest BCUT2D eigenvalue weighted by Gasteiger charge is -2.44. The second-order valence-corrected chi connectivity index (χ2v) is 12.9. The molecule has 10 heteroatoms. The number of hydrogen-bond donors (Lipinski definition) is 1. The monoisotopic (exact) mass is 704 g/mol. The topological polar surface area (TPSA) is 104 Å². The number of fused-ring (bicyclic) bond motifs is 4. The fourth-order valence-corrected chi connectivity index (χ4v) is 8.57. The molecule has 218 valence electrons. The first-order valence-electron chi connectivity index (χ1n) is 14.0. The van der Waals surface area contributed by atoms with Gasteiger partial charge in [-0.3, -0.25) is 29.0 Å². The summed E-state index contributed by atoms with van der Waals surface area (Å²) in [5.74, 6) is -4.78. The van der Waals surface area contributed by atoms with Crippen LogP contribution in [0.3, 0.4) is 0 Å². The third-order valence-electron chi connectivity index (χ3n) is 9.41. The van der Waals surface area contributed by atoms with Crippen LogP contribution in [0.25, 0.3) is 0 Å². The number of hydrogen-bond acceptors (Lipinski definition) is 6. The SMILES string of the molecule is COc1cc([C@H]2C3=CC[C@@H]4C(=O)N(c5ccccc5)C(=O)[C@@H]4[C@@H]3C[C@H]3C(=O)N(c4ccccc4)C(=O)[C@@H]23)c(Br)c(Br)c1O. The molecule has 0 bridgehead atoms. The quantitative estimate of drug-likeness (QED) is 0.265. The van der Waals surface area contributed by atoms with E-state index >= 15 is 0 Å². The van der Waals surface area contributed by atoms with Crippen molar-refractivity contribution < 1.29 is 29.0 Å². The molecular weight excluding hydrogens is 680 g/mol. The molecule has 7 rings (SSSR count). The Morgan fingerprint density at radius 1 is 0.744 bits per heavy atom. The largest absolute Gasteiger partial charge is 0.503 e. The number of anilines is 2. The van der Waals surface area contributed by atoms with Crippen molar-refractivity contribution in [3.63, 3.8) is 0 Å². The zero-order chi connectivity index (χ0) is 30.2. The lowest BCUT2D eigenvalue weighted by Crippen LogP contribution is -2.43. The lowest BCUT2D eigenvalue weighted by molar-refractivity contribution is -0.126. The third kappa shape index (κ3) is 4.06. The molecule has 4 aliphatic rings. The first-order chi connectivity index (χ1) is 20.7. The summed E-state index contributed by atoms with van der Waals surface area (Å²) in [5.41, 5.74) is 2.52. The minimum absolute atomic E-state index is 0.102. The van der Waals surface area contributed by atoms with Gasteiger partial charge in [-0.25, -0.2) is 0 Å². The molecule has 8 nitrogen and oxygen atoms in total. The van der Waals surface area contributed by atoms with Crippen LogP contribution in [0.4, 0.5) is 11.4 Å². The average Bonchev–Trinajstić information content (AvgIpc) is 3.43. The van der Waals surface area contributed by atoms with Crippen LogP contribution in [0.2, 0.25) is 0 Å². The van der Waals surface area contributed by atoms with Crippen LogP contribution in [0, 0.1) is 29.6 Å². The van der Waals surface area contributed by atoms with Gasteiger partial charge in [-0.05, 0) is 86.5 Å². The van der Waals surface area contributed by atoms with E-state index in [2.05, 4.69) is 31.9 Å². The molecular formula is C33H26Br2N2O6. The number of halogens is 2. The number of phenolic OH excluding ortho intramolecular Hbond substituents is 1. The summed E-state index contributed by atoms with van der Waals surface area (Å²) >= 11 is 7.08. The summed E-state index contributed by atoms with van der Waals surface area (Å²) in [6.45, 7) is 0. The van der Waals surface area contributed by atoms with Gasteiger partial charge >= 0.3 is 0 Å². The maximum Gasteiger partial charge on any atom is 0.238 e. The van der Waals surface area contributed by atoms with Gasteiger partial charge in [0, 0.05) is 10.4 Å². The average molecular weight is 706 g/mol. The zero-order valence-corrected chi connectivity index (χ0v) is 26.1. The van der Waals surface area contributed by atoms with E-state index in [0.717, 1.165) is 5.57 Å². The molecule has 0 aromatic heterocycles. The number of phenols is 1. The second-order valence-electron chi connectivity index (χ2n) is 11.4. The number of carbonyl (C=O) groups excluding carboxylic acids is 4. The van der Waals surface area contributed by atoms with Gasteiger partial charge in [-0.2, -0.15) is 0 Å². The fraction of sp³-hybridized carbons (Fsp3) is 0.273. The Balaban J connectivity index is 1.39. The van der Waals surface area contributed by atoms with Crippen molar-refractivity contribution in [2.75, 3.05) is 16.9 Å². The van der Waals surface area contributed by atoms with Crippen molar-refractivity contribution in [3.05, 3.63) is 92.9 Å². The van der Waals surface area contributed by atoms with E-state index in [1.807, 2.05) is 18.2 Å². The van der Waals surface area contributed by atoms with Gasteiger partial charge in [0.25, 0.3) is 0 Å². The number of rotatable bonds is 4. The van der Waals surface area contributed by atoms with Crippen molar-refractivity contribution in [2.45, 2.75) is 18.8 Å². The second kappa shape index (κ2) is 10.4. The van der Waals surface area contributed by atoms with Gasteiger partial charge in [0.2, 0.25) is 23.6 Å². The molecule has 43 heavy (non-hydrogen) atoms. The molecule has 1 N–H and O–H groups in total. The smallest absolute Gasteiger partial charge is 0.238 e. The van der Waals surface area contributed by atoms with Crippen molar-refractivity contribution >= 4 is 66.9 Å². The lowest BCUT2D eigenvalue weighted by atomic mass is 9.57. The number of amides is 4. The number of imide groups is 2. The van der Waals surface area contributed by atoms with Crippen LogP contribution in [0.1, 0.15) is 24.3 Å². The molecule has 2 aliphatic heterocycles.